The molecule has 0 aromatic carbocycles. The number of amidine groups is 1. The van der Waals surface area contributed by atoms with Crippen LogP contribution in [0.15, 0.2) is 23.7 Å². The summed E-state index contributed by atoms with van der Waals surface area (Å²) in [6, 6.07) is 0. The van der Waals surface area contributed by atoms with Gasteiger partial charge >= 0.3 is 0 Å². The zero-order valence-corrected chi connectivity index (χ0v) is 9.71. The van der Waals surface area contributed by atoms with E-state index in [1.54, 1.807) is 24.2 Å². The molecule has 15 heavy (non-hydrogen) atoms. The number of nitrogens with zero attached hydrogens (tertiary/aromatic N) is 3. The third-order valence-electron chi connectivity index (χ3n) is 2.06. The predicted molar refractivity (Wildman–Crippen MR) is 64.2 cm³/mol. The highest BCUT2D eigenvalue weighted by Gasteiger charge is 2.23. The third kappa shape index (κ3) is 2.92. The summed E-state index contributed by atoms with van der Waals surface area (Å²) in [6.45, 7) is 5.33. The molecule has 1 aromatic heterocycles. The molecule has 2 heterocycles. The lowest BCUT2D eigenvalue weighted by Crippen LogP contribution is -2.27. The second-order valence-electron chi connectivity index (χ2n) is 4.33. The minimum atomic E-state index is 0.309. The number of hydrogen-bond acceptors (Lipinski definition) is 5. The van der Waals surface area contributed by atoms with E-state index >= 15 is 0 Å². The molecule has 1 aromatic rings. The summed E-state index contributed by atoms with van der Waals surface area (Å²) >= 11 is 1.75. The number of thioether (sulfide) groups is 1. The summed E-state index contributed by atoms with van der Waals surface area (Å²) in [5.74, 6) is 1.09. The van der Waals surface area contributed by atoms with E-state index < -0.39 is 0 Å². The highest BCUT2D eigenvalue weighted by atomic mass is 32.2. The third-order valence-corrected chi connectivity index (χ3v) is 3.49. The number of nitrogens with one attached hydrogen (secondary N) is 1. The predicted octanol–water partition coefficient (Wildman–Crippen LogP) is 2.02. The van der Waals surface area contributed by atoms with Crippen molar-refractivity contribution in [3.05, 3.63) is 18.7 Å². The van der Waals surface area contributed by atoms with Crippen LogP contribution in [0, 0.1) is 5.41 Å². The van der Waals surface area contributed by atoms with Crippen molar-refractivity contribution < 1.29 is 0 Å². The van der Waals surface area contributed by atoms with Gasteiger partial charge < -0.3 is 5.32 Å². The quantitative estimate of drug-likeness (QED) is 0.789. The highest BCUT2D eigenvalue weighted by molar-refractivity contribution is 8.14. The Kier molecular flexibility index (Phi) is 2.90. The molecule has 0 saturated carbocycles. The van der Waals surface area contributed by atoms with E-state index in [4.69, 9.17) is 0 Å². The first kappa shape index (κ1) is 10.4. The first-order valence-corrected chi connectivity index (χ1v) is 5.84. The van der Waals surface area contributed by atoms with Crippen molar-refractivity contribution in [2.75, 3.05) is 17.6 Å². The van der Waals surface area contributed by atoms with E-state index in [0.717, 1.165) is 23.2 Å². The fourth-order valence-corrected chi connectivity index (χ4v) is 2.17. The van der Waals surface area contributed by atoms with Crippen molar-refractivity contribution in [1.29, 1.82) is 0 Å². The molecule has 1 aliphatic heterocycles. The molecule has 0 amide bonds. The summed E-state index contributed by atoms with van der Waals surface area (Å²) in [7, 11) is 0. The van der Waals surface area contributed by atoms with Crippen LogP contribution >= 0.6 is 11.8 Å². The van der Waals surface area contributed by atoms with E-state index in [0.29, 0.717) is 5.41 Å². The summed E-state index contributed by atoms with van der Waals surface area (Å²) in [4.78, 5) is 12.4. The van der Waals surface area contributed by atoms with Gasteiger partial charge in [-0.05, 0) is 5.41 Å². The number of anilines is 1. The fourth-order valence-electron chi connectivity index (χ4n) is 1.20. The van der Waals surface area contributed by atoms with Gasteiger partial charge in [0.2, 0.25) is 0 Å². The SMILES string of the molecule is CC1(C)CN=C(Nc2cncnc2)SC1. The van der Waals surface area contributed by atoms with Crippen LogP contribution in [0.2, 0.25) is 0 Å². The van der Waals surface area contributed by atoms with Crippen molar-refractivity contribution in [3.63, 3.8) is 0 Å². The van der Waals surface area contributed by atoms with Crippen molar-refractivity contribution in [3.8, 4) is 0 Å². The monoisotopic (exact) mass is 222 g/mol. The molecule has 0 radical (unpaired) electrons. The lowest BCUT2D eigenvalue weighted by Gasteiger charge is -2.27. The van der Waals surface area contributed by atoms with Gasteiger partial charge in [-0.25, -0.2) is 9.97 Å². The van der Waals surface area contributed by atoms with Crippen LogP contribution in [-0.4, -0.2) is 27.4 Å². The van der Waals surface area contributed by atoms with E-state index in [9.17, 15) is 0 Å². The van der Waals surface area contributed by atoms with Gasteiger partial charge in [0, 0.05) is 12.3 Å². The largest absolute Gasteiger partial charge is 0.332 e. The Balaban J connectivity index is 2.00. The topological polar surface area (TPSA) is 50.2 Å². The average molecular weight is 222 g/mol. The van der Waals surface area contributed by atoms with Gasteiger partial charge in [-0.15, -0.1) is 0 Å². The zero-order chi connectivity index (χ0) is 10.7. The molecule has 0 unspecified atom stereocenters. The molecule has 0 atom stereocenters. The summed E-state index contributed by atoms with van der Waals surface area (Å²) in [5, 5.41) is 4.17. The Labute approximate surface area is 93.6 Å². The Morgan fingerprint density at radius 2 is 2.07 bits per heavy atom. The number of hydrogen-bond donors (Lipinski definition) is 1. The maximum absolute atomic E-state index is 4.49. The van der Waals surface area contributed by atoms with E-state index in [2.05, 4.69) is 34.1 Å². The van der Waals surface area contributed by atoms with E-state index in [1.807, 2.05) is 0 Å². The molecule has 1 N–H and O–H groups in total. The van der Waals surface area contributed by atoms with E-state index in [-0.39, 0.29) is 0 Å². The summed E-state index contributed by atoms with van der Waals surface area (Å²) in [5.41, 5.74) is 1.20. The lowest BCUT2D eigenvalue weighted by atomic mass is 9.97. The summed E-state index contributed by atoms with van der Waals surface area (Å²) < 4.78 is 0. The highest BCUT2D eigenvalue weighted by Crippen LogP contribution is 2.28. The Hall–Kier alpha value is -1.10. The number of aliphatic imine (C=N–C) groups is 1. The second kappa shape index (κ2) is 4.18. The van der Waals surface area contributed by atoms with Crippen LogP contribution in [0.4, 0.5) is 5.69 Å². The number of aromatic nitrogens is 2. The molecule has 0 bridgehead atoms. The molecule has 0 aliphatic carbocycles. The first-order chi connectivity index (χ1) is 7.16. The molecule has 1 aliphatic rings. The smallest absolute Gasteiger partial charge is 0.161 e. The van der Waals surface area contributed by atoms with Gasteiger partial charge in [0.15, 0.2) is 5.17 Å². The van der Waals surface area contributed by atoms with Gasteiger partial charge in [-0.1, -0.05) is 25.6 Å². The minimum absolute atomic E-state index is 0.309. The molecule has 5 heteroatoms. The Morgan fingerprint density at radius 1 is 1.33 bits per heavy atom. The van der Waals surface area contributed by atoms with Crippen molar-refractivity contribution in [2.24, 2.45) is 10.4 Å². The fraction of sp³-hybridized carbons (Fsp3) is 0.500. The lowest BCUT2D eigenvalue weighted by molar-refractivity contribution is 0.438. The normalized spacial score (nSPS) is 19.5. The number of rotatable bonds is 1. The maximum atomic E-state index is 4.49. The summed E-state index contributed by atoms with van der Waals surface area (Å²) in [6.07, 6.45) is 5.01. The van der Waals surface area contributed by atoms with Gasteiger partial charge in [-0.2, -0.15) is 0 Å². The Morgan fingerprint density at radius 3 is 2.67 bits per heavy atom. The van der Waals surface area contributed by atoms with Crippen molar-refractivity contribution >= 4 is 22.6 Å². The van der Waals surface area contributed by atoms with Gasteiger partial charge in [0.1, 0.15) is 6.33 Å². The van der Waals surface area contributed by atoms with Gasteiger partial charge in [-0.3, -0.25) is 4.99 Å². The van der Waals surface area contributed by atoms with Crippen molar-refractivity contribution in [1.82, 2.24) is 9.97 Å². The minimum Gasteiger partial charge on any atom is -0.332 e. The molecule has 0 spiro atoms. The van der Waals surface area contributed by atoms with Crippen LogP contribution < -0.4 is 5.32 Å². The Bertz CT molecular complexity index is 361. The maximum Gasteiger partial charge on any atom is 0.161 e. The van der Waals surface area contributed by atoms with Crippen LogP contribution in [0.1, 0.15) is 13.8 Å². The first-order valence-electron chi connectivity index (χ1n) is 4.85. The van der Waals surface area contributed by atoms with Gasteiger partial charge in [0.05, 0.1) is 18.1 Å². The van der Waals surface area contributed by atoms with Crippen LogP contribution in [0.25, 0.3) is 0 Å². The molecule has 0 saturated heterocycles. The average Bonchev–Trinajstić information content (AvgIpc) is 2.23. The molecular formula is C10H14N4S. The van der Waals surface area contributed by atoms with Gasteiger partial charge in [0.25, 0.3) is 0 Å². The second-order valence-corrected chi connectivity index (χ2v) is 5.29. The molecule has 0 fully saturated rings. The standard InChI is InChI=1S/C10H14N4S/c1-10(2)5-13-9(15-6-10)14-8-3-11-7-12-4-8/h3-4,7H,5-6H2,1-2H3,(H,13,14). The van der Waals surface area contributed by atoms with Crippen LogP contribution in [-0.2, 0) is 0 Å². The van der Waals surface area contributed by atoms with Crippen molar-refractivity contribution in [2.45, 2.75) is 13.8 Å². The molecular weight excluding hydrogens is 208 g/mol. The zero-order valence-electron chi connectivity index (χ0n) is 8.90. The van der Waals surface area contributed by atoms with Crippen LogP contribution in [0.3, 0.4) is 0 Å². The molecule has 2 rings (SSSR count). The molecule has 4 nitrogen and oxygen atoms in total. The van der Waals surface area contributed by atoms with Crippen LogP contribution in [0.5, 0.6) is 0 Å². The van der Waals surface area contributed by atoms with E-state index in [1.165, 1.54) is 6.33 Å². The molecule has 80 valence electrons.